The normalized spacial score (nSPS) is 11.2. The number of carbonyl (C=O) groups is 1. The third-order valence-corrected chi connectivity index (χ3v) is 3.06. The number of hydrogen-bond donors (Lipinski definition) is 3. The molecule has 20 heavy (non-hydrogen) atoms. The average Bonchev–Trinajstić information content (AvgIpc) is 2.39. The van der Waals surface area contributed by atoms with E-state index >= 15 is 0 Å². The van der Waals surface area contributed by atoms with Crippen molar-refractivity contribution >= 4 is 11.6 Å². The van der Waals surface area contributed by atoms with Gasteiger partial charge in [0.15, 0.2) is 0 Å². The van der Waals surface area contributed by atoms with E-state index in [0.29, 0.717) is 31.0 Å². The fraction of sp³-hybridized carbons (Fsp3) is 0.533. The van der Waals surface area contributed by atoms with E-state index in [1.165, 1.54) is 0 Å². The standard InChI is InChI=1S/C15H24N2O3/c1-15(2,8-9-18)11-17-14(19)7-10-20-13-6-4-3-5-12(13)16/h3-6,18H,7-11,16H2,1-2H3,(H,17,19). The number of carbonyl (C=O) groups excluding carboxylic acids is 1. The Kier molecular flexibility index (Phi) is 6.31. The molecule has 0 spiro atoms. The van der Waals surface area contributed by atoms with Gasteiger partial charge in [-0.3, -0.25) is 4.79 Å². The SMILES string of the molecule is CC(C)(CCO)CNC(=O)CCOc1ccccc1N. The van der Waals surface area contributed by atoms with Crippen molar-refractivity contribution < 1.29 is 14.6 Å². The Hall–Kier alpha value is -1.75. The summed E-state index contributed by atoms with van der Waals surface area (Å²) < 4.78 is 5.46. The topological polar surface area (TPSA) is 84.6 Å². The van der Waals surface area contributed by atoms with E-state index in [1.807, 2.05) is 26.0 Å². The molecule has 5 nitrogen and oxygen atoms in total. The number of nitrogens with one attached hydrogen (secondary N) is 1. The minimum Gasteiger partial charge on any atom is -0.491 e. The molecule has 1 amide bonds. The van der Waals surface area contributed by atoms with Gasteiger partial charge in [0.05, 0.1) is 18.7 Å². The monoisotopic (exact) mass is 280 g/mol. The first-order valence-corrected chi connectivity index (χ1v) is 6.79. The van der Waals surface area contributed by atoms with Crippen molar-refractivity contribution in [3.8, 4) is 5.75 Å². The third-order valence-electron chi connectivity index (χ3n) is 3.06. The molecular formula is C15H24N2O3. The molecule has 0 saturated carbocycles. The van der Waals surface area contributed by atoms with Crippen LogP contribution in [-0.2, 0) is 4.79 Å². The summed E-state index contributed by atoms with van der Waals surface area (Å²) in [5.41, 5.74) is 6.20. The molecule has 0 saturated heterocycles. The number of rotatable bonds is 8. The zero-order chi connectivity index (χ0) is 15.0. The van der Waals surface area contributed by atoms with E-state index in [2.05, 4.69) is 5.32 Å². The Bertz CT molecular complexity index is 433. The van der Waals surface area contributed by atoms with Crippen LogP contribution < -0.4 is 15.8 Å². The molecule has 0 aliphatic rings. The number of aliphatic hydroxyl groups excluding tert-OH is 1. The Labute approximate surface area is 120 Å². The molecule has 1 rings (SSSR count). The average molecular weight is 280 g/mol. The summed E-state index contributed by atoms with van der Waals surface area (Å²) in [7, 11) is 0. The Morgan fingerprint density at radius 3 is 2.75 bits per heavy atom. The summed E-state index contributed by atoms with van der Waals surface area (Å²) in [5.74, 6) is 0.534. The molecule has 4 N–H and O–H groups in total. The van der Waals surface area contributed by atoms with Crippen LogP contribution in [0.2, 0.25) is 0 Å². The molecule has 0 atom stereocenters. The van der Waals surface area contributed by atoms with Crippen LogP contribution in [0.5, 0.6) is 5.75 Å². The molecule has 0 radical (unpaired) electrons. The van der Waals surface area contributed by atoms with Crippen LogP contribution in [-0.4, -0.2) is 30.8 Å². The minimum absolute atomic E-state index is 0.0643. The number of hydrogen-bond acceptors (Lipinski definition) is 4. The molecule has 0 bridgehead atoms. The highest BCUT2D eigenvalue weighted by Gasteiger charge is 2.17. The quantitative estimate of drug-likeness (QED) is 0.631. The Morgan fingerprint density at radius 1 is 1.40 bits per heavy atom. The van der Waals surface area contributed by atoms with Crippen LogP contribution in [0, 0.1) is 5.41 Å². The van der Waals surface area contributed by atoms with Crippen molar-refractivity contribution in [1.82, 2.24) is 5.32 Å². The van der Waals surface area contributed by atoms with Crippen LogP contribution >= 0.6 is 0 Å². The van der Waals surface area contributed by atoms with Crippen LogP contribution in [0.3, 0.4) is 0 Å². The van der Waals surface area contributed by atoms with Crippen LogP contribution in [0.4, 0.5) is 5.69 Å². The summed E-state index contributed by atoms with van der Waals surface area (Å²) in [6.07, 6.45) is 0.938. The van der Waals surface area contributed by atoms with Crippen molar-refractivity contribution in [1.29, 1.82) is 0 Å². The molecule has 0 fully saturated rings. The lowest BCUT2D eigenvalue weighted by atomic mass is 9.90. The largest absolute Gasteiger partial charge is 0.491 e. The summed E-state index contributed by atoms with van der Waals surface area (Å²) in [5, 5.41) is 11.8. The van der Waals surface area contributed by atoms with Crippen LogP contribution in [0.1, 0.15) is 26.7 Å². The second-order valence-electron chi connectivity index (χ2n) is 5.55. The predicted octanol–water partition coefficient (Wildman–Crippen LogP) is 1.56. The number of amides is 1. The first kappa shape index (κ1) is 16.3. The Morgan fingerprint density at radius 2 is 2.10 bits per heavy atom. The highest BCUT2D eigenvalue weighted by atomic mass is 16.5. The molecule has 0 unspecified atom stereocenters. The summed E-state index contributed by atoms with van der Waals surface area (Å²) in [6, 6.07) is 7.20. The van der Waals surface area contributed by atoms with E-state index in [-0.39, 0.29) is 24.3 Å². The second-order valence-corrected chi connectivity index (χ2v) is 5.55. The smallest absolute Gasteiger partial charge is 0.223 e. The van der Waals surface area contributed by atoms with E-state index < -0.39 is 0 Å². The lowest BCUT2D eigenvalue weighted by molar-refractivity contribution is -0.122. The van der Waals surface area contributed by atoms with Gasteiger partial charge in [0.2, 0.25) is 5.91 Å². The lowest BCUT2D eigenvalue weighted by Crippen LogP contribution is -2.35. The molecule has 0 aromatic heterocycles. The van der Waals surface area contributed by atoms with Crippen LogP contribution in [0.15, 0.2) is 24.3 Å². The molecule has 0 aliphatic heterocycles. The number of nitrogen functional groups attached to an aromatic ring is 1. The molecule has 1 aromatic rings. The third kappa shape index (κ3) is 5.93. The van der Waals surface area contributed by atoms with Crippen molar-refractivity contribution in [3.63, 3.8) is 0 Å². The van der Waals surface area contributed by atoms with Gasteiger partial charge in [0, 0.05) is 13.2 Å². The van der Waals surface area contributed by atoms with Gasteiger partial charge >= 0.3 is 0 Å². The lowest BCUT2D eigenvalue weighted by Gasteiger charge is -2.23. The zero-order valence-electron chi connectivity index (χ0n) is 12.2. The minimum atomic E-state index is -0.102. The fourth-order valence-corrected chi connectivity index (χ4v) is 1.68. The van der Waals surface area contributed by atoms with Crippen LogP contribution in [0.25, 0.3) is 0 Å². The van der Waals surface area contributed by atoms with Crippen molar-refractivity contribution in [2.24, 2.45) is 5.41 Å². The van der Waals surface area contributed by atoms with Crippen molar-refractivity contribution in [3.05, 3.63) is 24.3 Å². The molecule has 112 valence electrons. The van der Waals surface area contributed by atoms with E-state index in [0.717, 1.165) is 0 Å². The number of nitrogens with two attached hydrogens (primary N) is 1. The van der Waals surface area contributed by atoms with Gasteiger partial charge in [0.1, 0.15) is 5.75 Å². The highest BCUT2D eigenvalue weighted by molar-refractivity contribution is 5.76. The van der Waals surface area contributed by atoms with Gasteiger partial charge in [0.25, 0.3) is 0 Å². The van der Waals surface area contributed by atoms with Crippen molar-refractivity contribution in [2.45, 2.75) is 26.7 Å². The second kappa shape index (κ2) is 7.75. The molecule has 0 heterocycles. The number of aliphatic hydroxyl groups is 1. The van der Waals surface area contributed by atoms with Gasteiger partial charge in [-0.15, -0.1) is 0 Å². The first-order valence-electron chi connectivity index (χ1n) is 6.79. The first-order chi connectivity index (χ1) is 9.44. The maximum Gasteiger partial charge on any atom is 0.223 e. The molecular weight excluding hydrogens is 256 g/mol. The predicted molar refractivity (Wildman–Crippen MR) is 79.5 cm³/mol. The molecule has 1 aromatic carbocycles. The summed E-state index contributed by atoms with van der Waals surface area (Å²) in [4.78, 5) is 11.7. The fourth-order valence-electron chi connectivity index (χ4n) is 1.68. The van der Waals surface area contributed by atoms with Gasteiger partial charge in [-0.05, 0) is 24.0 Å². The van der Waals surface area contributed by atoms with E-state index in [9.17, 15) is 4.79 Å². The summed E-state index contributed by atoms with van der Waals surface area (Å²) in [6.45, 7) is 4.97. The number of ether oxygens (including phenoxy) is 1. The Balaban J connectivity index is 2.26. The number of benzene rings is 1. The highest BCUT2D eigenvalue weighted by Crippen LogP contribution is 2.20. The van der Waals surface area contributed by atoms with Gasteiger partial charge in [-0.2, -0.15) is 0 Å². The van der Waals surface area contributed by atoms with Gasteiger partial charge in [-0.25, -0.2) is 0 Å². The number of para-hydroxylation sites is 2. The summed E-state index contributed by atoms with van der Waals surface area (Å²) >= 11 is 0. The van der Waals surface area contributed by atoms with E-state index in [4.69, 9.17) is 15.6 Å². The zero-order valence-corrected chi connectivity index (χ0v) is 12.2. The van der Waals surface area contributed by atoms with E-state index in [1.54, 1.807) is 12.1 Å². The van der Waals surface area contributed by atoms with Gasteiger partial charge < -0.3 is 20.9 Å². The molecule has 5 heteroatoms. The van der Waals surface area contributed by atoms with Gasteiger partial charge in [-0.1, -0.05) is 26.0 Å². The molecule has 0 aliphatic carbocycles. The number of anilines is 1. The maximum absolute atomic E-state index is 11.7. The maximum atomic E-state index is 11.7. The van der Waals surface area contributed by atoms with Crippen molar-refractivity contribution in [2.75, 3.05) is 25.5 Å².